The second-order valence-electron chi connectivity index (χ2n) is 3.84. The van der Waals surface area contributed by atoms with Crippen molar-refractivity contribution in [3.63, 3.8) is 0 Å². The number of carbonyl (C=O) groups is 1. The van der Waals surface area contributed by atoms with E-state index in [0.29, 0.717) is 12.8 Å². The third-order valence-electron chi connectivity index (χ3n) is 2.59. The monoisotopic (exact) mass is 231 g/mol. The number of carbonyl (C=O) groups excluding carboxylic acids is 1. The highest BCUT2D eigenvalue weighted by Gasteiger charge is 2.18. The Balaban J connectivity index is 2.12. The van der Waals surface area contributed by atoms with Crippen LogP contribution in [0.5, 0.6) is 0 Å². The topological polar surface area (TPSA) is 75.9 Å². The lowest BCUT2D eigenvalue weighted by Crippen LogP contribution is -2.47. The molecule has 1 saturated heterocycles. The molecule has 1 heterocycles. The second-order valence-corrected chi connectivity index (χ2v) is 3.84. The first-order chi connectivity index (χ1) is 7.59. The SMILES string of the molecule is CN1CCN(C(=O)CCCO[N+](=O)[O-])CC1. The van der Waals surface area contributed by atoms with Gasteiger partial charge >= 0.3 is 0 Å². The third kappa shape index (κ3) is 4.43. The molecule has 0 spiro atoms. The van der Waals surface area contributed by atoms with Gasteiger partial charge in [0.15, 0.2) is 0 Å². The Morgan fingerprint density at radius 3 is 2.56 bits per heavy atom. The molecule has 0 unspecified atom stereocenters. The summed E-state index contributed by atoms with van der Waals surface area (Å²) < 4.78 is 0. The molecule has 1 fully saturated rings. The molecule has 0 radical (unpaired) electrons. The van der Waals surface area contributed by atoms with Crippen molar-refractivity contribution < 1.29 is 14.7 Å². The summed E-state index contributed by atoms with van der Waals surface area (Å²) in [7, 11) is 2.02. The van der Waals surface area contributed by atoms with Gasteiger partial charge in [-0.25, -0.2) is 0 Å². The van der Waals surface area contributed by atoms with Gasteiger partial charge in [0.05, 0.1) is 6.61 Å². The molecule has 0 aliphatic carbocycles. The van der Waals surface area contributed by atoms with Gasteiger partial charge in [-0.2, -0.15) is 0 Å². The molecule has 1 aliphatic heterocycles. The molecule has 0 saturated carbocycles. The van der Waals surface area contributed by atoms with Crippen LogP contribution in [0.25, 0.3) is 0 Å². The van der Waals surface area contributed by atoms with Crippen molar-refractivity contribution in [1.29, 1.82) is 0 Å². The maximum absolute atomic E-state index is 11.6. The van der Waals surface area contributed by atoms with Gasteiger partial charge in [0.2, 0.25) is 5.91 Å². The van der Waals surface area contributed by atoms with Crippen LogP contribution >= 0.6 is 0 Å². The predicted molar refractivity (Wildman–Crippen MR) is 56.3 cm³/mol. The van der Waals surface area contributed by atoms with E-state index in [1.165, 1.54) is 0 Å². The Kier molecular flexibility index (Phi) is 4.97. The predicted octanol–water partition coefficient (Wildman–Crippen LogP) is -0.251. The number of likely N-dealkylation sites (N-methyl/N-ethyl adjacent to an activating group) is 1. The Bertz CT molecular complexity index is 251. The maximum Gasteiger partial charge on any atom is 0.294 e. The molecule has 0 bridgehead atoms. The van der Waals surface area contributed by atoms with Gasteiger partial charge in [-0.15, -0.1) is 10.1 Å². The molecule has 1 aliphatic rings. The summed E-state index contributed by atoms with van der Waals surface area (Å²) >= 11 is 0. The molecular formula is C9H17N3O4. The Labute approximate surface area is 94.1 Å². The van der Waals surface area contributed by atoms with Crippen molar-refractivity contribution in [1.82, 2.24) is 9.80 Å². The van der Waals surface area contributed by atoms with E-state index in [9.17, 15) is 14.9 Å². The summed E-state index contributed by atoms with van der Waals surface area (Å²) in [6, 6.07) is 0. The lowest BCUT2D eigenvalue weighted by atomic mass is 10.2. The maximum atomic E-state index is 11.6. The van der Waals surface area contributed by atoms with Crippen LogP contribution in [0.4, 0.5) is 0 Å². The first-order valence-electron chi connectivity index (χ1n) is 5.33. The quantitative estimate of drug-likeness (QED) is 0.370. The van der Waals surface area contributed by atoms with Gasteiger partial charge < -0.3 is 14.6 Å². The molecule has 1 amide bonds. The van der Waals surface area contributed by atoms with Crippen molar-refractivity contribution in [3.8, 4) is 0 Å². The lowest BCUT2D eigenvalue weighted by molar-refractivity contribution is -0.757. The van der Waals surface area contributed by atoms with Crippen molar-refractivity contribution in [3.05, 3.63) is 10.1 Å². The summed E-state index contributed by atoms with van der Waals surface area (Å²) in [6.07, 6.45) is 0.712. The fourth-order valence-electron chi connectivity index (χ4n) is 1.58. The minimum absolute atomic E-state index is 0.00746. The molecule has 1 rings (SSSR count). The van der Waals surface area contributed by atoms with Gasteiger partial charge in [-0.05, 0) is 13.5 Å². The van der Waals surface area contributed by atoms with E-state index in [2.05, 4.69) is 9.74 Å². The highest BCUT2D eigenvalue weighted by molar-refractivity contribution is 5.76. The Morgan fingerprint density at radius 2 is 2.00 bits per heavy atom. The van der Waals surface area contributed by atoms with Crippen LogP contribution in [0.3, 0.4) is 0 Å². The van der Waals surface area contributed by atoms with Crippen LogP contribution in [0, 0.1) is 10.1 Å². The lowest BCUT2D eigenvalue weighted by Gasteiger charge is -2.32. The van der Waals surface area contributed by atoms with Crippen LogP contribution in [0.2, 0.25) is 0 Å². The van der Waals surface area contributed by atoms with Crippen molar-refractivity contribution >= 4 is 5.91 Å². The molecule has 16 heavy (non-hydrogen) atoms. The number of hydrogen-bond donors (Lipinski definition) is 0. The summed E-state index contributed by atoms with van der Waals surface area (Å²) in [6.45, 7) is 3.25. The smallest absolute Gasteiger partial charge is 0.294 e. The van der Waals surface area contributed by atoms with Gasteiger partial charge in [-0.3, -0.25) is 4.79 Å². The fraction of sp³-hybridized carbons (Fsp3) is 0.889. The molecule has 0 aromatic rings. The average molecular weight is 231 g/mol. The highest BCUT2D eigenvalue weighted by Crippen LogP contribution is 2.03. The number of amides is 1. The number of hydrogen-bond acceptors (Lipinski definition) is 5. The first kappa shape index (κ1) is 12.7. The summed E-state index contributed by atoms with van der Waals surface area (Å²) in [5.74, 6) is 0.0556. The van der Waals surface area contributed by atoms with Crippen molar-refractivity contribution in [2.75, 3.05) is 39.8 Å². The summed E-state index contributed by atoms with van der Waals surface area (Å²) in [4.78, 5) is 29.6. The molecule has 7 nitrogen and oxygen atoms in total. The van der Waals surface area contributed by atoms with Gasteiger partial charge in [0, 0.05) is 32.6 Å². The zero-order valence-electron chi connectivity index (χ0n) is 9.42. The second kappa shape index (κ2) is 6.26. The van der Waals surface area contributed by atoms with E-state index < -0.39 is 5.09 Å². The molecule has 0 aromatic carbocycles. The van der Waals surface area contributed by atoms with Gasteiger partial charge in [-0.1, -0.05) is 0 Å². The molecular weight excluding hydrogens is 214 g/mol. The number of piperazine rings is 1. The summed E-state index contributed by atoms with van der Waals surface area (Å²) in [5, 5.41) is 9.03. The Hall–Kier alpha value is -1.37. The number of nitrogens with zero attached hydrogens (tertiary/aromatic N) is 3. The van der Waals surface area contributed by atoms with E-state index in [4.69, 9.17) is 0 Å². The van der Waals surface area contributed by atoms with E-state index in [0.717, 1.165) is 26.2 Å². The first-order valence-corrected chi connectivity index (χ1v) is 5.33. The summed E-state index contributed by atoms with van der Waals surface area (Å²) in [5.41, 5.74) is 0. The zero-order valence-corrected chi connectivity index (χ0v) is 9.42. The zero-order chi connectivity index (χ0) is 12.0. The van der Waals surface area contributed by atoms with Crippen LogP contribution in [-0.2, 0) is 9.63 Å². The van der Waals surface area contributed by atoms with Crippen LogP contribution < -0.4 is 0 Å². The minimum Gasteiger partial charge on any atom is -0.340 e. The average Bonchev–Trinajstić information content (AvgIpc) is 2.25. The molecule has 92 valence electrons. The molecule has 0 atom stereocenters. The van der Waals surface area contributed by atoms with Crippen LogP contribution in [0.15, 0.2) is 0 Å². The van der Waals surface area contributed by atoms with E-state index in [-0.39, 0.29) is 12.5 Å². The third-order valence-corrected chi connectivity index (χ3v) is 2.59. The van der Waals surface area contributed by atoms with E-state index in [1.807, 2.05) is 7.05 Å². The molecule has 0 aromatic heterocycles. The minimum atomic E-state index is -0.833. The normalized spacial score (nSPS) is 17.2. The van der Waals surface area contributed by atoms with E-state index >= 15 is 0 Å². The highest BCUT2D eigenvalue weighted by atomic mass is 16.9. The van der Waals surface area contributed by atoms with Crippen molar-refractivity contribution in [2.45, 2.75) is 12.8 Å². The largest absolute Gasteiger partial charge is 0.340 e. The van der Waals surface area contributed by atoms with Crippen LogP contribution in [0.1, 0.15) is 12.8 Å². The standard InChI is InChI=1S/C9H17N3O4/c1-10-4-6-11(7-5-10)9(13)3-2-8-16-12(14)15/h2-8H2,1H3. The van der Waals surface area contributed by atoms with Gasteiger partial charge in [0.25, 0.3) is 5.09 Å². The number of rotatable bonds is 5. The van der Waals surface area contributed by atoms with Gasteiger partial charge in [0.1, 0.15) is 0 Å². The van der Waals surface area contributed by atoms with Crippen LogP contribution in [-0.4, -0.2) is 60.6 Å². The fourth-order valence-corrected chi connectivity index (χ4v) is 1.58. The van der Waals surface area contributed by atoms with E-state index in [1.54, 1.807) is 4.90 Å². The molecule has 0 N–H and O–H groups in total. The molecule has 7 heteroatoms. The Morgan fingerprint density at radius 1 is 1.38 bits per heavy atom. The van der Waals surface area contributed by atoms with Crippen molar-refractivity contribution in [2.24, 2.45) is 0 Å².